The number of rotatable bonds is 2. The number of nitrogens with two attached hydrogens (primary N) is 1. The molecular weight excluding hydrogens is 172 g/mol. The van der Waals surface area contributed by atoms with Crippen LogP contribution < -0.4 is 11.3 Å². The van der Waals surface area contributed by atoms with Gasteiger partial charge in [0.2, 0.25) is 5.75 Å². The summed E-state index contributed by atoms with van der Waals surface area (Å²) in [5, 5.41) is 27.6. The van der Waals surface area contributed by atoms with E-state index in [0.29, 0.717) is 5.56 Å². The van der Waals surface area contributed by atoms with Gasteiger partial charge in [-0.2, -0.15) is 0 Å². The molecule has 0 unspecified atom stereocenters. The van der Waals surface area contributed by atoms with Crippen molar-refractivity contribution in [1.82, 2.24) is 5.43 Å². The number of hydrogen-bond acceptors (Lipinski definition) is 5. The van der Waals surface area contributed by atoms with Gasteiger partial charge in [-0.1, -0.05) is 0 Å². The van der Waals surface area contributed by atoms with Crippen molar-refractivity contribution in [3.05, 3.63) is 17.7 Å². The Balaban J connectivity index is 3.18. The van der Waals surface area contributed by atoms with Crippen molar-refractivity contribution < 1.29 is 15.3 Å². The molecule has 0 saturated carbocycles. The van der Waals surface area contributed by atoms with E-state index < -0.39 is 5.75 Å². The number of hydrazine groups is 1. The summed E-state index contributed by atoms with van der Waals surface area (Å²) in [5.41, 5.74) is 2.84. The topological polar surface area (TPSA) is 98.7 Å². The van der Waals surface area contributed by atoms with Crippen molar-refractivity contribution in [2.24, 2.45) is 5.84 Å². The summed E-state index contributed by atoms with van der Waals surface area (Å²) in [7, 11) is 0. The third-order valence-electron chi connectivity index (χ3n) is 1.88. The second-order valence-corrected chi connectivity index (χ2v) is 2.76. The molecular formula is C8H12N2O3. The van der Waals surface area contributed by atoms with E-state index in [-0.39, 0.29) is 17.5 Å². The highest BCUT2D eigenvalue weighted by molar-refractivity contribution is 5.53. The molecule has 0 aromatic heterocycles. The maximum atomic E-state index is 9.37. The fourth-order valence-electron chi connectivity index (χ4n) is 1.02. The Bertz CT molecular complexity index is 315. The van der Waals surface area contributed by atoms with Crippen LogP contribution in [0.25, 0.3) is 0 Å². The molecule has 72 valence electrons. The predicted molar refractivity (Wildman–Crippen MR) is 47.2 cm³/mol. The van der Waals surface area contributed by atoms with Gasteiger partial charge in [-0.05, 0) is 19.1 Å². The summed E-state index contributed by atoms with van der Waals surface area (Å²) in [6.07, 6.45) is 0. The van der Waals surface area contributed by atoms with Gasteiger partial charge in [0.05, 0.1) is 0 Å². The third-order valence-corrected chi connectivity index (χ3v) is 1.88. The van der Waals surface area contributed by atoms with Gasteiger partial charge in [0.1, 0.15) is 0 Å². The molecule has 5 nitrogen and oxygen atoms in total. The van der Waals surface area contributed by atoms with E-state index in [0.717, 1.165) is 0 Å². The smallest absolute Gasteiger partial charge is 0.200 e. The van der Waals surface area contributed by atoms with Crippen LogP contribution in [0.2, 0.25) is 0 Å². The van der Waals surface area contributed by atoms with Gasteiger partial charge >= 0.3 is 0 Å². The Morgan fingerprint density at radius 3 is 2.38 bits per heavy atom. The van der Waals surface area contributed by atoms with Crippen molar-refractivity contribution in [3.8, 4) is 17.2 Å². The van der Waals surface area contributed by atoms with E-state index in [1.165, 1.54) is 12.1 Å². The minimum Gasteiger partial charge on any atom is -0.504 e. The van der Waals surface area contributed by atoms with Gasteiger partial charge in [-0.3, -0.25) is 11.3 Å². The zero-order valence-corrected chi connectivity index (χ0v) is 7.15. The van der Waals surface area contributed by atoms with Gasteiger partial charge in [-0.25, -0.2) is 0 Å². The third kappa shape index (κ3) is 1.66. The minimum absolute atomic E-state index is 0.300. The van der Waals surface area contributed by atoms with E-state index in [2.05, 4.69) is 5.43 Å². The molecule has 0 radical (unpaired) electrons. The SMILES string of the molecule is C[C@H](NN)c1ccc(O)c(O)c1O. The molecule has 13 heavy (non-hydrogen) atoms. The van der Waals surface area contributed by atoms with Crippen LogP contribution in [0, 0.1) is 0 Å². The zero-order valence-electron chi connectivity index (χ0n) is 7.15. The van der Waals surface area contributed by atoms with Gasteiger partial charge in [-0.15, -0.1) is 0 Å². The van der Waals surface area contributed by atoms with Crippen LogP contribution in [0.1, 0.15) is 18.5 Å². The van der Waals surface area contributed by atoms with E-state index >= 15 is 0 Å². The molecule has 1 atom stereocenters. The Hall–Kier alpha value is -1.46. The van der Waals surface area contributed by atoms with Gasteiger partial charge < -0.3 is 15.3 Å². The number of hydrogen-bond donors (Lipinski definition) is 5. The first-order valence-electron chi connectivity index (χ1n) is 3.77. The standard InChI is InChI=1S/C8H12N2O3/c1-4(10-9)5-2-3-6(11)8(13)7(5)12/h2-4,10-13H,9H2,1H3/t4-/m0/s1. The second-order valence-electron chi connectivity index (χ2n) is 2.76. The zero-order chi connectivity index (χ0) is 10.0. The molecule has 0 aliphatic rings. The summed E-state index contributed by atoms with van der Waals surface area (Å²) < 4.78 is 0. The number of phenolic OH excluding ortho intramolecular Hbond substituents is 3. The molecule has 0 amide bonds. The first-order chi connectivity index (χ1) is 6.07. The molecule has 5 heteroatoms. The largest absolute Gasteiger partial charge is 0.504 e. The predicted octanol–water partition coefficient (Wildman–Crippen LogP) is 0.328. The van der Waals surface area contributed by atoms with Crippen molar-refractivity contribution in [2.75, 3.05) is 0 Å². The molecule has 0 aliphatic carbocycles. The molecule has 1 aromatic carbocycles. The Morgan fingerprint density at radius 1 is 1.23 bits per heavy atom. The van der Waals surface area contributed by atoms with Gasteiger partial charge in [0, 0.05) is 11.6 Å². The summed E-state index contributed by atoms with van der Waals surface area (Å²) in [6.45, 7) is 1.71. The van der Waals surface area contributed by atoms with Crippen molar-refractivity contribution >= 4 is 0 Å². The average Bonchev–Trinajstić information content (AvgIpc) is 2.13. The molecule has 0 aliphatic heterocycles. The van der Waals surface area contributed by atoms with Crippen LogP contribution in [0.3, 0.4) is 0 Å². The number of benzene rings is 1. The molecule has 0 saturated heterocycles. The van der Waals surface area contributed by atoms with E-state index in [1.807, 2.05) is 0 Å². The first-order valence-corrected chi connectivity index (χ1v) is 3.77. The lowest BCUT2D eigenvalue weighted by Gasteiger charge is -2.13. The van der Waals surface area contributed by atoms with E-state index in [9.17, 15) is 5.11 Å². The van der Waals surface area contributed by atoms with Crippen molar-refractivity contribution in [1.29, 1.82) is 0 Å². The van der Waals surface area contributed by atoms with Crippen molar-refractivity contribution in [2.45, 2.75) is 13.0 Å². The lowest BCUT2D eigenvalue weighted by Crippen LogP contribution is -2.25. The Labute approximate surface area is 75.4 Å². The lowest BCUT2D eigenvalue weighted by atomic mass is 10.1. The van der Waals surface area contributed by atoms with Crippen LogP contribution in [-0.4, -0.2) is 15.3 Å². The Kier molecular flexibility index (Phi) is 2.60. The molecule has 0 heterocycles. The molecule has 0 spiro atoms. The monoisotopic (exact) mass is 184 g/mol. The molecule has 1 rings (SSSR count). The van der Waals surface area contributed by atoms with Gasteiger partial charge in [0.25, 0.3) is 0 Å². The summed E-state index contributed by atoms with van der Waals surface area (Å²) >= 11 is 0. The lowest BCUT2D eigenvalue weighted by molar-refractivity contribution is 0.361. The maximum absolute atomic E-state index is 9.37. The molecule has 0 fully saturated rings. The minimum atomic E-state index is -0.528. The van der Waals surface area contributed by atoms with Crippen LogP contribution in [0.5, 0.6) is 17.2 Å². The maximum Gasteiger partial charge on any atom is 0.200 e. The fourth-order valence-corrected chi connectivity index (χ4v) is 1.02. The normalized spacial score (nSPS) is 12.8. The second kappa shape index (κ2) is 3.51. The van der Waals surface area contributed by atoms with Crippen LogP contribution >= 0.6 is 0 Å². The van der Waals surface area contributed by atoms with Gasteiger partial charge in [0.15, 0.2) is 11.5 Å². The average molecular weight is 184 g/mol. The van der Waals surface area contributed by atoms with E-state index in [4.69, 9.17) is 16.1 Å². The number of nitrogens with one attached hydrogen (secondary N) is 1. The van der Waals surface area contributed by atoms with E-state index in [1.54, 1.807) is 6.92 Å². The molecule has 6 N–H and O–H groups in total. The number of aromatic hydroxyl groups is 3. The molecule has 1 aromatic rings. The fraction of sp³-hybridized carbons (Fsp3) is 0.250. The summed E-state index contributed by atoms with van der Waals surface area (Å²) in [4.78, 5) is 0. The highest BCUT2D eigenvalue weighted by Gasteiger charge is 2.14. The number of phenols is 3. The summed E-state index contributed by atoms with van der Waals surface area (Å²) in [6, 6.07) is 2.47. The van der Waals surface area contributed by atoms with Crippen molar-refractivity contribution in [3.63, 3.8) is 0 Å². The first kappa shape index (κ1) is 9.63. The van der Waals surface area contributed by atoms with Crippen LogP contribution in [0.15, 0.2) is 12.1 Å². The Morgan fingerprint density at radius 2 is 1.85 bits per heavy atom. The summed E-state index contributed by atoms with van der Waals surface area (Å²) in [5.74, 6) is 3.92. The quantitative estimate of drug-likeness (QED) is 0.259. The molecule has 0 bridgehead atoms. The van der Waals surface area contributed by atoms with Crippen LogP contribution in [0.4, 0.5) is 0 Å². The van der Waals surface area contributed by atoms with Crippen LogP contribution in [-0.2, 0) is 0 Å². The highest BCUT2D eigenvalue weighted by atomic mass is 16.3. The highest BCUT2D eigenvalue weighted by Crippen LogP contribution is 2.39.